The van der Waals surface area contributed by atoms with Gasteiger partial charge in [-0.25, -0.2) is 0 Å². The molecule has 7 heteroatoms. The standard InChI is InChI=1S/C24H30N2O4.ClH/c1-28-20-5-6-22-19(17-20)7-13-30-24(22)8-11-26(12-9-24)23(27)16-18-3-2-4-21(15-18)29-14-10-25;/h2-6,15,17H,7-14,16,25H2,1H3;1H. The molecule has 0 bridgehead atoms. The zero-order valence-electron chi connectivity index (χ0n) is 18.0. The second kappa shape index (κ2) is 10.4. The Hall–Kier alpha value is -2.28. The molecule has 0 unspecified atom stereocenters. The predicted octanol–water partition coefficient (Wildman–Crippen LogP) is 3.09. The summed E-state index contributed by atoms with van der Waals surface area (Å²) in [6.45, 7) is 3.06. The molecular formula is C24H31ClN2O4. The van der Waals surface area contributed by atoms with Gasteiger partial charge in [0.25, 0.3) is 0 Å². The maximum atomic E-state index is 12.9. The number of fused-ring (bicyclic) bond motifs is 2. The van der Waals surface area contributed by atoms with E-state index >= 15 is 0 Å². The number of benzene rings is 2. The Morgan fingerprint density at radius 2 is 1.97 bits per heavy atom. The molecule has 1 saturated heterocycles. The van der Waals surface area contributed by atoms with Crippen LogP contribution in [-0.4, -0.2) is 50.8 Å². The van der Waals surface area contributed by atoms with Crippen LogP contribution in [0.25, 0.3) is 0 Å². The number of carbonyl (C=O) groups excluding carboxylic acids is 1. The molecule has 0 aromatic heterocycles. The van der Waals surface area contributed by atoms with E-state index < -0.39 is 0 Å². The van der Waals surface area contributed by atoms with Crippen molar-refractivity contribution >= 4 is 18.3 Å². The van der Waals surface area contributed by atoms with Crippen LogP contribution in [0.3, 0.4) is 0 Å². The van der Waals surface area contributed by atoms with Crippen molar-refractivity contribution in [3.63, 3.8) is 0 Å². The molecule has 2 aliphatic rings. The minimum atomic E-state index is -0.285. The van der Waals surface area contributed by atoms with Crippen LogP contribution in [0.5, 0.6) is 11.5 Å². The molecule has 0 aliphatic carbocycles. The molecule has 0 radical (unpaired) electrons. The number of ether oxygens (including phenoxy) is 3. The minimum absolute atomic E-state index is 0. The van der Waals surface area contributed by atoms with Crippen molar-refractivity contribution in [1.29, 1.82) is 0 Å². The molecule has 168 valence electrons. The number of nitrogens with zero attached hydrogens (tertiary/aromatic N) is 1. The SMILES string of the molecule is COc1ccc2c(c1)CCOC21CCN(C(=O)Cc2cccc(OCCN)c2)CC1.Cl. The van der Waals surface area contributed by atoms with Gasteiger partial charge in [-0.05, 0) is 60.2 Å². The molecular weight excluding hydrogens is 416 g/mol. The third-order valence-corrected chi connectivity index (χ3v) is 6.12. The Bertz CT molecular complexity index is 897. The smallest absolute Gasteiger partial charge is 0.226 e. The summed E-state index contributed by atoms with van der Waals surface area (Å²) in [5.74, 6) is 1.79. The highest BCUT2D eigenvalue weighted by Crippen LogP contribution is 2.42. The van der Waals surface area contributed by atoms with Crippen LogP contribution >= 0.6 is 12.4 Å². The van der Waals surface area contributed by atoms with Gasteiger partial charge in [-0.3, -0.25) is 4.79 Å². The number of piperidine rings is 1. The largest absolute Gasteiger partial charge is 0.497 e. The maximum absolute atomic E-state index is 12.9. The number of amides is 1. The summed E-state index contributed by atoms with van der Waals surface area (Å²) < 4.78 is 17.3. The Morgan fingerprint density at radius 3 is 2.71 bits per heavy atom. The monoisotopic (exact) mass is 446 g/mol. The van der Waals surface area contributed by atoms with Crippen molar-refractivity contribution in [1.82, 2.24) is 4.90 Å². The first-order valence-electron chi connectivity index (χ1n) is 10.6. The summed E-state index contributed by atoms with van der Waals surface area (Å²) in [7, 11) is 1.70. The van der Waals surface area contributed by atoms with Crippen LogP contribution in [0.15, 0.2) is 42.5 Å². The molecule has 6 nitrogen and oxygen atoms in total. The van der Waals surface area contributed by atoms with Gasteiger partial charge >= 0.3 is 0 Å². The third kappa shape index (κ3) is 5.14. The van der Waals surface area contributed by atoms with Crippen molar-refractivity contribution in [3.05, 3.63) is 59.2 Å². The second-order valence-corrected chi connectivity index (χ2v) is 7.96. The first kappa shape index (κ1) is 23.4. The van der Waals surface area contributed by atoms with E-state index in [-0.39, 0.29) is 23.9 Å². The molecule has 0 saturated carbocycles. The fourth-order valence-corrected chi connectivity index (χ4v) is 4.52. The molecule has 1 amide bonds. The number of rotatable bonds is 6. The molecule has 2 N–H and O–H groups in total. The van der Waals surface area contributed by atoms with E-state index in [9.17, 15) is 4.79 Å². The van der Waals surface area contributed by atoms with Crippen molar-refractivity contribution < 1.29 is 19.0 Å². The second-order valence-electron chi connectivity index (χ2n) is 7.96. The van der Waals surface area contributed by atoms with E-state index in [1.54, 1.807) is 7.11 Å². The Labute approximate surface area is 190 Å². The number of likely N-dealkylation sites (tertiary alicyclic amines) is 1. The zero-order valence-corrected chi connectivity index (χ0v) is 18.8. The molecule has 2 aromatic carbocycles. The first-order valence-corrected chi connectivity index (χ1v) is 10.6. The molecule has 1 spiro atoms. The lowest BCUT2D eigenvalue weighted by atomic mass is 9.79. The summed E-state index contributed by atoms with van der Waals surface area (Å²) in [4.78, 5) is 14.9. The summed E-state index contributed by atoms with van der Waals surface area (Å²) in [5, 5.41) is 0. The summed E-state index contributed by atoms with van der Waals surface area (Å²) in [6, 6.07) is 14.0. The highest BCUT2D eigenvalue weighted by Gasteiger charge is 2.41. The molecule has 2 aliphatic heterocycles. The van der Waals surface area contributed by atoms with Gasteiger partial charge in [0.1, 0.15) is 18.1 Å². The average Bonchev–Trinajstić information content (AvgIpc) is 2.78. The molecule has 1 fully saturated rings. The lowest BCUT2D eigenvalue weighted by Gasteiger charge is -2.45. The van der Waals surface area contributed by atoms with Gasteiger partial charge in [-0.2, -0.15) is 0 Å². The maximum Gasteiger partial charge on any atom is 0.226 e. The highest BCUT2D eigenvalue weighted by molar-refractivity contribution is 5.85. The van der Waals surface area contributed by atoms with Gasteiger partial charge in [0, 0.05) is 19.6 Å². The number of carbonyl (C=O) groups is 1. The van der Waals surface area contributed by atoms with Gasteiger partial charge in [0.15, 0.2) is 0 Å². The van der Waals surface area contributed by atoms with Crippen molar-refractivity contribution in [2.24, 2.45) is 5.73 Å². The normalized spacial score (nSPS) is 16.9. The summed E-state index contributed by atoms with van der Waals surface area (Å²) >= 11 is 0. The number of nitrogens with two attached hydrogens (primary N) is 1. The predicted molar refractivity (Wildman–Crippen MR) is 122 cm³/mol. The Balaban J connectivity index is 0.00000272. The van der Waals surface area contributed by atoms with E-state index in [1.165, 1.54) is 11.1 Å². The molecule has 4 rings (SSSR count). The van der Waals surface area contributed by atoms with Gasteiger partial charge in [0.05, 0.1) is 25.7 Å². The highest BCUT2D eigenvalue weighted by atomic mass is 35.5. The van der Waals surface area contributed by atoms with Crippen molar-refractivity contribution in [3.8, 4) is 11.5 Å². The topological polar surface area (TPSA) is 74.0 Å². The first-order chi connectivity index (χ1) is 14.6. The number of hydrogen-bond donors (Lipinski definition) is 1. The Morgan fingerprint density at radius 1 is 1.16 bits per heavy atom. The molecule has 2 aromatic rings. The van der Waals surface area contributed by atoms with Gasteiger partial charge in [0.2, 0.25) is 5.91 Å². The van der Waals surface area contributed by atoms with E-state index in [2.05, 4.69) is 12.1 Å². The van der Waals surface area contributed by atoms with Gasteiger partial charge in [-0.15, -0.1) is 12.4 Å². The minimum Gasteiger partial charge on any atom is -0.497 e. The van der Waals surface area contributed by atoms with E-state index in [0.717, 1.165) is 36.3 Å². The Kier molecular flexibility index (Phi) is 7.81. The van der Waals surface area contributed by atoms with Crippen LogP contribution in [0.4, 0.5) is 0 Å². The molecule has 31 heavy (non-hydrogen) atoms. The fourth-order valence-electron chi connectivity index (χ4n) is 4.52. The lowest BCUT2D eigenvalue weighted by Crippen LogP contribution is -2.48. The van der Waals surface area contributed by atoms with Crippen LogP contribution in [0, 0.1) is 0 Å². The van der Waals surface area contributed by atoms with Crippen molar-refractivity contribution in [2.45, 2.75) is 31.3 Å². The summed E-state index contributed by atoms with van der Waals surface area (Å²) in [6.07, 6.45) is 2.91. The number of halogens is 1. The average molecular weight is 447 g/mol. The quantitative estimate of drug-likeness (QED) is 0.738. The van der Waals surface area contributed by atoms with Crippen molar-refractivity contribution in [2.75, 3.05) is 40.0 Å². The van der Waals surface area contributed by atoms with E-state index in [4.69, 9.17) is 19.9 Å². The third-order valence-electron chi connectivity index (χ3n) is 6.12. The van der Waals surface area contributed by atoms with Crippen LogP contribution < -0.4 is 15.2 Å². The van der Waals surface area contributed by atoms with E-state index in [0.29, 0.717) is 39.3 Å². The summed E-state index contributed by atoms with van der Waals surface area (Å²) in [5.41, 5.74) is 8.72. The fraction of sp³-hybridized carbons (Fsp3) is 0.458. The molecule has 2 heterocycles. The van der Waals surface area contributed by atoms with Crippen LogP contribution in [-0.2, 0) is 28.0 Å². The van der Waals surface area contributed by atoms with Gasteiger partial charge < -0.3 is 24.8 Å². The number of methoxy groups -OCH3 is 1. The molecule has 0 atom stereocenters. The van der Waals surface area contributed by atoms with Gasteiger partial charge in [-0.1, -0.05) is 18.2 Å². The number of hydrogen-bond acceptors (Lipinski definition) is 5. The van der Waals surface area contributed by atoms with Crippen LogP contribution in [0.2, 0.25) is 0 Å². The van der Waals surface area contributed by atoms with E-state index in [1.807, 2.05) is 35.2 Å². The zero-order chi connectivity index (χ0) is 21.0. The lowest BCUT2D eigenvalue weighted by molar-refractivity contribution is -0.140. The van der Waals surface area contributed by atoms with Crippen LogP contribution in [0.1, 0.15) is 29.5 Å².